The van der Waals surface area contributed by atoms with E-state index in [1.54, 1.807) is 0 Å². The maximum absolute atomic E-state index is 10.5. The molecule has 1 heterocycles. The Morgan fingerprint density at radius 2 is 2.40 bits per heavy atom. The Balaban J connectivity index is 2.80. The van der Waals surface area contributed by atoms with Crippen LogP contribution in [0, 0.1) is 5.92 Å². The van der Waals surface area contributed by atoms with Crippen LogP contribution in [0.3, 0.4) is 0 Å². The molecular weight excluding hydrogens is 138 g/mol. The lowest BCUT2D eigenvalue weighted by Crippen LogP contribution is -2.24. The van der Waals surface area contributed by atoms with Crippen molar-refractivity contribution in [3.05, 3.63) is 0 Å². The highest BCUT2D eigenvalue weighted by molar-refractivity contribution is 6.11. The van der Waals surface area contributed by atoms with Gasteiger partial charge in [-0.25, -0.2) is 0 Å². The highest BCUT2D eigenvalue weighted by atomic mass is 16.4. The number of carbonyl (C=O) groups is 2. The van der Waals surface area contributed by atoms with Gasteiger partial charge in [0.05, 0.1) is 6.21 Å². The molecule has 0 bridgehead atoms. The Bertz CT molecular complexity index is 232. The van der Waals surface area contributed by atoms with Crippen molar-refractivity contribution in [2.75, 3.05) is 0 Å². The quantitative estimate of drug-likeness (QED) is 0.506. The van der Waals surface area contributed by atoms with Crippen molar-refractivity contribution in [1.29, 1.82) is 0 Å². The molecule has 0 fully saturated rings. The second-order valence-corrected chi connectivity index (χ2v) is 1.61. The van der Waals surface area contributed by atoms with E-state index in [1.165, 1.54) is 0 Å². The average Bonchev–Trinajstić information content (AvgIpc) is 1.88. The fraction of sp³-hybridized carbons (Fsp3) is 0.250. The summed E-state index contributed by atoms with van der Waals surface area (Å²) in [7, 11) is 0. The number of amides is 1. The van der Waals surface area contributed by atoms with Crippen molar-refractivity contribution in [2.45, 2.75) is 0 Å². The van der Waals surface area contributed by atoms with Crippen molar-refractivity contribution >= 4 is 18.1 Å². The zero-order chi connectivity index (χ0) is 7.56. The normalized spacial score (nSPS) is 23.2. The van der Waals surface area contributed by atoms with Crippen LogP contribution < -0.4 is 0 Å². The van der Waals surface area contributed by atoms with Crippen LogP contribution in [0.1, 0.15) is 0 Å². The molecule has 0 radical (unpaired) electrons. The van der Waals surface area contributed by atoms with Crippen LogP contribution in [-0.4, -0.2) is 23.2 Å². The molecule has 10 heavy (non-hydrogen) atoms. The third-order valence-electron chi connectivity index (χ3n) is 0.943. The van der Waals surface area contributed by atoms with Crippen LogP contribution in [0.15, 0.2) is 15.4 Å². The molecule has 1 rings (SSSR count). The molecule has 0 aromatic heterocycles. The molecule has 0 spiro atoms. The molecule has 0 saturated heterocycles. The maximum Gasteiger partial charge on any atom is 0.321 e. The molecule has 1 atom stereocenters. The van der Waals surface area contributed by atoms with E-state index in [-0.39, 0.29) is 0 Å². The van der Waals surface area contributed by atoms with Crippen LogP contribution in [0.2, 0.25) is 0 Å². The molecule has 1 aliphatic rings. The van der Waals surface area contributed by atoms with Crippen LogP contribution in [0.25, 0.3) is 0 Å². The third-order valence-corrected chi connectivity index (χ3v) is 0.943. The zero-order valence-corrected chi connectivity index (χ0v) is 4.76. The maximum atomic E-state index is 10.5. The second-order valence-electron chi connectivity index (χ2n) is 1.61. The van der Waals surface area contributed by atoms with Crippen molar-refractivity contribution in [2.24, 2.45) is 21.4 Å². The van der Waals surface area contributed by atoms with Gasteiger partial charge in [-0.05, 0) is 5.22 Å². The molecule has 6 heteroatoms. The first-order valence-electron chi connectivity index (χ1n) is 2.42. The van der Waals surface area contributed by atoms with Gasteiger partial charge in [-0.15, -0.1) is 5.10 Å². The van der Waals surface area contributed by atoms with Crippen molar-refractivity contribution in [3.63, 3.8) is 0 Å². The fourth-order valence-corrected chi connectivity index (χ4v) is 0.462. The van der Waals surface area contributed by atoms with Crippen molar-refractivity contribution in [1.82, 2.24) is 0 Å². The lowest BCUT2D eigenvalue weighted by atomic mass is 10.1. The minimum atomic E-state index is -1.26. The summed E-state index contributed by atoms with van der Waals surface area (Å²) < 4.78 is 0. The summed E-state index contributed by atoms with van der Waals surface area (Å²) in [4.78, 5) is 20.7. The van der Waals surface area contributed by atoms with Gasteiger partial charge in [0.15, 0.2) is 5.92 Å². The highest BCUT2D eigenvalue weighted by Gasteiger charge is 2.25. The van der Waals surface area contributed by atoms with E-state index in [9.17, 15) is 9.59 Å². The molecule has 0 aliphatic carbocycles. The topological polar surface area (TPSA) is 91.4 Å². The molecule has 0 aromatic rings. The van der Waals surface area contributed by atoms with Gasteiger partial charge in [-0.3, -0.25) is 9.59 Å². The van der Waals surface area contributed by atoms with Gasteiger partial charge in [-0.1, -0.05) is 5.11 Å². The zero-order valence-electron chi connectivity index (χ0n) is 4.76. The van der Waals surface area contributed by atoms with E-state index >= 15 is 0 Å². The van der Waals surface area contributed by atoms with E-state index in [2.05, 4.69) is 15.4 Å². The summed E-state index contributed by atoms with van der Waals surface area (Å²) in [5.74, 6) is -3.30. The van der Waals surface area contributed by atoms with Gasteiger partial charge < -0.3 is 5.11 Å². The lowest BCUT2D eigenvalue weighted by molar-refractivity contribution is -0.143. The Kier molecular flexibility index (Phi) is 1.53. The van der Waals surface area contributed by atoms with Gasteiger partial charge in [-0.2, -0.15) is 0 Å². The number of nitrogens with zero attached hydrogens (tertiary/aromatic N) is 3. The molecule has 1 amide bonds. The molecule has 1 N–H and O–H groups in total. The van der Waals surface area contributed by atoms with Gasteiger partial charge >= 0.3 is 5.97 Å². The standard InChI is InChI=1S/C4H3N3O3/c8-3-2(4(9)10)1-5-7-6-3/h1-2H,(H,9,10). The number of rotatable bonds is 1. The molecule has 1 unspecified atom stereocenters. The summed E-state index contributed by atoms with van der Waals surface area (Å²) in [5.41, 5.74) is 0. The Labute approximate surface area is 55.3 Å². The van der Waals surface area contributed by atoms with Crippen molar-refractivity contribution in [3.8, 4) is 0 Å². The van der Waals surface area contributed by atoms with E-state index in [0.29, 0.717) is 0 Å². The van der Waals surface area contributed by atoms with Gasteiger partial charge in [0, 0.05) is 0 Å². The van der Waals surface area contributed by atoms with Crippen LogP contribution >= 0.6 is 0 Å². The van der Waals surface area contributed by atoms with Crippen LogP contribution in [0.5, 0.6) is 0 Å². The molecule has 0 aromatic carbocycles. The first kappa shape index (κ1) is 6.53. The van der Waals surface area contributed by atoms with Crippen molar-refractivity contribution < 1.29 is 14.7 Å². The average molecular weight is 141 g/mol. The van der Waals surface area contributed by atoms with Crippen LogP contribution in [0.4, 0.5) is 0 Å². The lowest BCUT2D eigenvalue weighted by Gasteiger charge is -2.00. The minimum Gasteiger partial charge on any atom is -0.480 e. The number of carboxylic acid groups (broad SMARTS) is 1. The number of carboxylic acids is 1. The first-order chi connectivity index (χ1) is 4.72. The van der Waals surface area contributed by atoms with Crippen LogP contribution in [-0.2, 0) is 9.59 Å². The van der Waals surface area contributed by atoms with E-state index in [0.717, 1.165) is 6.21 Å². The Morgan fingerprint density at radius 3 is 2.80 bits per heavy atom. The minimum absolute atomic E-state index is 0.789. The highest BCUT2D eigenvalue weighted by Crippen LogP contribution is 2.02. The molecular formula is C4H3N3O3. The predicted molar refractivity (Wildman–Crippen MR) is 29.5 cm³/mol. The number of hydrogen-bond donors (Lipinski definition) is 1. The summed E-state index contributed by atoms with van der Waals surface area (Å²) in [5, 5.41) is 17.4. The monoisotopic (exact) mass is 141 g/mol. The summed E-state index contributed by atoms with van der Waals surface area (Å²) in [6.07, 6.45) is 0.942. The summed E-state index contributed by atoms with van der Waals surface area (Å²) in [6, 6.07) is 0. The fourth-order valence-electron chi connectivity index (χ4n) is 0.462. The van der Waals surface area contributed by atoms with E-state index in [1.807, 2.05) is 0 Å². The first-order valence-corrected chi connectivity index (χ1v) is 2.42. The third kappa shape index (κ3) is 1.04. The Morgan fingerprint density at radius 1 is 1.70 bits per heavy atom. The number of hydrogen-bond acceptors (Lipinski definition) is 4. The van der Waals surface area contributed by atoms with Gasteiger partial charge in [0.2, 0.25) is 0 Å². The van der Waals surface area contributed by atoms with E-state index < -0.39 is 17.8 Å². The Hall–Kier alpha value is -1.59. The second kappa shape index (κ2) is 2.34. The largest absolute Gasteiger partial charge is 0.480 e. The predicted octanol–water partition coefficient (Wildman–Crippen LogP) is -0.335. The number of aliphatic carboxylic acids is 1. The number of carbonyl (C=O) groups excluding carboxylic acids is 1. The SMILES string of the molecule is O=C(O)C1C=NN=NC1=O. The molecule has 6 nitrogen and oxygen atoms in total. The van der Waals surface area contributed by atoms with E-state index in [4.69, 9.17) is 5.11 Å². The molecule has 52 valence electrons. The van der Waals surface area contributed by atoms with Gasteiger partial charge in [0.25, 0.3) is 5.91 Å². The smallest absolute Gasteiger partial charge is 0.321 e. The summed E-state index contributed by atoms with van der Waals surface area (Å²) in [6.45, 7) is 0. The van der Waals surface area contributed by atoms with Gasteiger partial charge in [0.1, 0.15) is 0 Å². The summed E-state index contributed by atoms with van der Waals surface area (Å²) >= 11 is 0. The molecule has 0 saturated carbocycles. The molecule has 1 aliphatic heterocycles.